The second kappa shape index (κ2) is 5.76. The maximum atomic E-state index is 9.23. The molecule has 0 heterocycles. The van der Waals surface area contributed by atoms with Crippen molar-refractivity contribution < 1.29 is 9.84 Å². The average molecular weight is 264 g/mol. The zero-order chi connectivity index (χ0) is 13.0. The first-order chi connectivity index (χ1) is 8.70. The lowest BCUT2D eigenvalue weighted by atomic mass is 10.2. The molecule has 0 unspecified atom stereocenters. The molecule has 2 rings (SSSR count). The number of nitrogens with two attached hydrogens (primary N) is 1. The Labute approximate surface area is 111 Å². The number of anilines is 1. The average Bonchev–Trinajstić information content (AvgIpc) is 2.39. The van der Waals surface area contributed by atoms with Gasteiger partial charge in [-0.3, -0.25) is 0 Å². The van der Waals surface area contributed by atoms with E-state index in [9.17, 15) is 5.11 Å². The summed E-state index contributed by atoms with van der Waals surface area (Å²) in [5.74, 6) is 0.617. The summed E-state index contributed by atoms with van der Waals surface area (Å²) in [5.41, 5.74) is 7.82. The van der Waals surface area contributed by atoms with Gasteiger partial charge in [-0.25, -0.2) is 0 Å². The van der Waals surface area contributed by atoms with Crippen molar-refractivity contribution in [3.8, 4) is 5.75 Å². The maximum Gasteiger partial charge on any atom is 0.125 e. The van der Waals surface area contributed by atoms with Crippen LogP contribution in [0, 0.1) is 0 Å². The van der Waals surface area contributed by atoms with Gasteiger partial charge in [0.05, 0.1) is 6.61 Å². The Hall–Kier alpha value is -1.71. The van der Waals surface area contributed by atoms with Crippen molar-refractivity contribution in [3.05, 3.63) is 58.6 Å². The molecular formula is C14H14ClNO2. The van der Waals surface area contributed by atoms with E-state index >= 15 is 0 Å². The molecular weight excluding hydrogens is 250 g/mol. The van der Waals surface area contributed by atoms with E-state index in [2.05, 4.69) is 0 Å². The van der Waals surface area contributed by atoms with E-state index in [-0.39, 0.29) is 6.61 Å². The molecule has 2 aromatic rings. The minimum absolute atomic E-state index is 0.108. The van der Waals surface area contributed by atoms with E-state index in [0.717, 1.165) is 5.56 Å². The predicted octanol–water partition coefficient (Wildman–Crippen LogP) is 2.99. The van der Waals surface area contributed by atoms with Crippen molar-refractivity contribution in [2.45, 2.75) is 13.2 Å². The van der Waals surface area contributed by atoms with Gasteiger partial charge in [-0.1, -0.05) is 29.8 Å². The Morgan fingerprint density at radius 1 is 1.11 bits per heavy atom. The monoisotopic (exact) mass is 263 g/mol. The lowest BCUT2D eigenvalue weighted by Gasteiger charge is -2.11. The third-order valence-corrected chi connectivity index (χ3v) is 2.96. The summed E-state index contributed by atoms with van der Waals surface area (Å²) < 4.78 is 5.65. The van der Waals surface area contributed by atoms with Crippen LogP contribution in [0.25, 0.3) is 0 Å². The first-order valence-electron chi connectivity index (χ1n) is 5.56. The predicted molar refractivity (Wildman–Crippen MR) is 72.6 cm³/mol. The first-order valence-corrected chi connectivity index (χ1v) is 5.94. The van der Waals surface area contributed by atoms with Crippen LogP contribution in [-0.2, 0) is 13.2 Å². The number of benzene rings is 2. The smallest absolute Gasteiger partial charge is 0.125 e. The van der Waals surface area contributed by atoms with Gasteiger partial charge in [0, 0.05) is 21.8 Å². The second-order valence-electron chi connectivity index (χ2n) is 3.91. The molecule has 4 heteroatoms. The molecule has 0 atom stereocenters. The van der Waals surface area contributed by atoms with Crippen LogP contribution >= 0.6 is 11.6 Å². The van der Waals surface area contributed by atoms with Gasteiger partial charge < -0.3 is 15.6 Å². The second-order valence-corrected chi connectivity index (χ2v) is 4.31. The number of aliphatic hydroxyl groups excluding tert-OH is 1. The molecule has 0 fully saturated rings. The number of aliphatic hydroxyl groups is 1. The molecule has 0 aliphatic carbocycles. The SMILES string of the molecule is Nc1ccc(OCc2ccccc2Cl)c(CO)c1. The summed E-state index contributed by atoms with van der Waals surface area (Å²) >= 11 is 6.04. The number of hydrogen-bond donors (Lipinski definition) is 2. The van der Waals surface area contributed by atoms with Crippen molar-refractivity contribution in [1.82, 2.24) is 0 Å². The molecule has 2 aromatic carbocycles. The third-order valence-electron chi connectivity index (χ3n) is 2.60. The molecule has 0 saturated heterocycles. The fourth-order valence-corrected chi connectivity index (χ4v) is 1.82. The topological polar surface area (TPSA) is 55.5 Å². The van der Waals surface area contributed by atoms with Crippen molar-refractivity contribution in [2.24, 2.45) is 0 Å². The lowest BCUT2D eigenvalue weighted by molar-refractivity contribution is 0.259. The van der Waals surface area contributed by atoms with Crippen LogP contribution in [0.1, 0.15) is 11.1 Å². The maximum absolute atomic E-state index is 9.23. The van der Waals surface area contributed by atoms with Gasteiger partial charge in [0.25, 0.3) is 0 Å². The number of nitrogen functional groups attached to an aromatic ring is 1. The zero-order valence-corrected chi connectivity index (χ0v) is 10.5. The molecule has 3 nitrogen and oxygen atoms in total. The largest absolute Gasteiger partial charge is 0.488 e. The van der Waals surface area contributed by atoms with Crippen LogP contribution in [0.15, 0.2) is 42.5 Å². The van der Waals surface area contributed by atoms with Crippen LogP contribution in [-0.4, -0.2) is 5.11 Å². The third kappa shape index (κ3) is 2.94. The molecule has 3 N–H and O–H groups in total. The molecule has 18 heavy (non-hydrogen) atoms. The van der Waals surface area contributed by atoms with Crippen molar-refractivity contribution in [2.75, 3.05) is 5.73 Å². The Bertz CT molecular complexity index is 543. The van der Waals surface area contributed by atoms with Crippen molar-refractivity contribution >= 4 is 17.3 Å². The molecule has 0 aliphatic heterocycles. The Balaban J connectivity index is 2.13. The van der Waals surface area contributed by atoms with Crippen LogP contribution < -0.4 is 10.5 Å². The quantitative estimate of drug-likeness (QED) is 0.834. The van der Waals surface area contributed by atoms with E-state index in [1.807, 2.05) is 24.3 Å². The highest BCUT2D eigenvalue weighted by molar-refractivity contribution is 6.31. The number of ether oxygens (including phenoxy) is 1. The first kappa shape index (κ1) is 12.7. The molecule has 0 amide bonds. The fraction of sp³-hybridized carbons (Fsp3) is 0.143. The van der Waals surface area contributed by atoms with Gasteiger partial charge >= 0.3 is 0 Å². The number of rotatable bonds is 4. The Morgan fingerprint density at radius 3 is 2.61 bits per heavy atom. The normalized spacial score (nSPS) is 10.3. The number of halogens is 1. The molecule has 0 aromatic heterocycles. The van der Waals surface area contributed by atoms with Crippen LogP contribution in [0.4, 0.5) is 5.69 Å². The summed E-state index contributed by atoms with van der Waals surface area (Å²) in [4.78, 5) is 0. The van der Waals surface area contributed by atoms with E-state index < -0.39 is 0 Å². The molecule has 0 radical (unpaired) electrons. The Kier molecular flexibility index (Phi) is 4.07. The molecule has 0 bridgehead atoms. The lowest BCUT2D eigenvalue weighted by Crippen LogP contribution is -2.00. The summed E-state index contributed by atoms with van der Waals surface area (Å²) in [7, 11) is 0. The fourth-order valence-electron chi connectivity index (χ4n) is 1.63. The van der Waals surface area contributed by atoms with Gasteiger partial charge in [0.2, 0.25) is 0 Å². The van der Waals surface area contributed by atoms with Crippen LogP contribution in [0.2, 0.25) is 5.02 Å². The molecule has 0 saturated carbocycles. The highest BCUT2D eigenvalue weighted by Crippen LogP contribution is 2.24. The highest BCUT2D eigenvalue weighted by Gasteiger charge is 2.05. The molecule has 94 valence electrons. The standard InChI is InChI=1S/C14H14ClNO2/c15-13-4-2-1-3-10(13)9-18-14-6-5-12(16)7-11(14)8-17/h1-7,17H,8-9,16H2. The minimum Gasteiger partial charge on any atom is -0.488 e. The minimum atomic E-state index is -0.108. The summed E-state index contributed by atoms with van der Waals surface area (Å²) in [5, 5.41) is 9.90. The van der Waals surface area contributed by atoms with E-state index in [1.165, 1.54) is 0 Å². The van der Waals surface area contributed by atoms with Crippen molar-refractivity contribution in [3.63, 3.8) is 0 Å². The van der Waals surface area contributed by atoms with Crippen LogP contribution in [0.3, 0.4) is 0 Å². The van der Waals surface area contributed by atoms with Gasteiger partial charge in [0.1, 0.15) is 12.4 Å². The highest BCUT2D eigenvalue weighted by atomic mass is 35.5. The molecule has 0 aliphatic rings. The Morgan fingerprint density at radius 2 is 1.89 bits per heavy atom. The van der Waals surface area contributed by atoms with Crippen molar-refractivity contribution in [1.29, 1.82) is 0 Å². The molecule has 0 spiro atoms. The van der Waals surface area contributed by atoms with Gasteiger partial charge in [-0.2, -0.15) is 0 Å². The summed E-state index contributed by atoms with van der Waals surface area (Å²) in [6, 6.07) is 12.7. The van der Waals surface area contributed by atoms with Crippen LogP contribution in [0.5, 0.6) is 5.75 Å². The number of hydrogen-bond acceptors (Lipinski definition) is 3. The van der Waals surface area contributed by atoms with Gasteiger partial charge in [-0.15, -0.1) is 0 Å². The summed E-state index contributed by atoms with van der Waals surface area (Å²) in [6.45, 7) is 0.249. The zero-order valence-electron chi connectivity index (χ0n) is 9.77. The van der Waals surface area contributed by atoms with E-state index in [0.29, 0.717) is 28.6 Å². The van der Waals surface area contributed by atoms with E-state index in [4.69, 9.17) is 22.1 Å². The van der Waals surface area contributed by atoms with Gasteiger partial charge in [-0.05, 0) is 24.3 Å². The van der Waals surface area contributed by atoms with Gasteiger partial charge in [0.15, 0.2) is 0 Å². The summed E-state index contributed by atoms with van der Waals surface area (Å²) in [6.07, 6.45) is 0. The van der Waals surface area contributed by atoms with E-state index in [1.54, 1.807) is 18.2 Å².